The Morgan fingerprint density at radius 2 is 2.27 bits per heavy atom. The fraction of sp³-hybridized carbons (Fsp3) is 1.00. The fourth-order valence-corrected chi connectivity index (χ4v) is 2.50. The molecule has 1 saturated heterocycles. The first kappa shape index (κ1) is 11.4. The number of rotatable bonds is 6. The predicted molar refractivity (Wildman–Crippen MR) is 59.8 cm³/mol. The number of aliphatic hydroxyl groups is 1. The first-order valence-corrected chi connectivity index (χ1v) is 6.22. The lowest BCUT2D eigenvalue weighted by atomic mass is 9.87. The molecule has 3 heteroatoms. The van der Waals surface area contributed by atoms with Gasteiger partial charge in [0.15, 0.2) is 0 Å². The van der Waals surface area contributed by atoms with Crippen LogP contribution in [-0.4, -0.2) is 49.0 Å². The molecule has 0 aromatic heterocycles. The van der Waals surface area contributed by atoms with Crippen LogP contribution in [0.5, 0.6) is 0 Å². The van der Waals surface area contributed by atoms with E-state index < -0.39 is 0 Å². The molecule has 1 saturated carbocycles. The van der Waals surface area contributed by atoms with E-state index in [9.17, 15) is 5.11 Å². The van der Waals surface area contributed by atoms with Gasteiger partial charge in [-0.3, -0.25) is 4.90 Å². The zero-order chi connectivity index (χ0) is 10.7. The third kappa shape index (κ3) is 2.71. The van der Waals surface area contributed by atoms with Crippen LogP contribution in [0, 0.1) is 5.41 Å². The van der Waals surface area contributed by atoms with Crippen LogP contribution < -0.4 is 0 Å². The van der Waals surface area contributed by atoms with Gasteiger partial charge in [-0.15, -0.1) is 0 Å². The molecule has 0 bridgehead atoms. The van der Waals surface area contributed by atoms with E-state index in [0.717, 1.165) is 32.2 Å². The summed E-state index contributed by atoms with van der Waals surface area (Å²) >= 11 is 0. The molecule has 2 rings (SSSR count). The third-order valence-electron chi connectivity index (χ3n) is 3.63. The van der Waals surface area contributed by atoms with Crippen molar-refractivity contribution in [3.05, 3.63) is 0 Å². The molecule has 1 heterocycles. The largest absolute Gasteiger partial charge is 0.396 e. The second-order valence-electron chi connectivity index (χ2n) is 5.16. The van der Waals surface area contributed by atoms with Crippen molar-refractivity contribution in [2.45, 2.75) is 38.6 Å². The van der Waals surface area contributed by atoms with Crippen LogP contribution in [0.4, 0.5) is 0 Å². The summed E-state index contributed by atoms with van der Waals surface area (Å²) in [6.07, 6.45) is 4.93. The van der Waals surface area contributed by atoms with Gasteiger partial charge in [0.2, 0.25) is 0 Å². The minimum Gasteiger partial charge on any atom is -0.396 e. The molecule has 2 fully saturated rings. The van der Waals surface area contributed by atoms with E-state index in [-0.39, 0.29) is 12.0 Å². The van der Waals surface area contributed by atoms with Gasteiger partial charge in [0, 0.05) is 24.6 Å². The molecule has 0 aromatic rings. The minimum absolute atomic E-state index is 0.0394. The first-order valence-electron chi connectivity index (χ1n) is 6.22. The van der Waals surface area contributed by atoms with Crippen LogP contribution in [0.1, 0.15) is 32.6 Å². The van der Waals surface area contributed by atoms with Crippen LogP contribution in [0.2, 0.25) is 0 Å². The summed E-state index contributed by atoms with van der Waals surface area (Å²) in [6.45, 7) is 6.28. The summed E-state index contributed by atoms with van der Waals surface area (Å²) < 4.78 is 5.44. The lowest BCUT2D eigenvalue weighted by Crippen LogP contribution is -2.42. The number of ether oxygens (including phenoxy) is 1. The molecular formula is C12H23NO2. The van der Waals surface area contributed by atoms with Crippen molar-refractivity contribution in [3.8, 4) is 0 Å². The second-order valence-corrected chi connectivity index (χ2v) is 5.16. The van der Waals surface area contributed by atoms with Crippen molar-refractivity contribution in [1.82, 2.24) is 4.90 Å². The van der Waals surface area contributed by atoms with Gasteiger partial charge in [-0.2, -0.15) is 0 Å². The Morgan fingerprint density at radius 3 is 2.73 bits per heavy atom. The van der Waals surface area contributed by atoms with Gasteiger partial charge < -0.3 is 9.84 Å². The number of nitrogens with zero attached hydrogens (tertiary/aromatic N) is 1. The van der Waals surface area contributed by atoms with Crippen molar-refractivity contribution in [2.24, 2.45) is 5.41 Å². The predicted octanol–water partition coefficient (Wildman–Crippen LogP) is 1.26. The zero-order valence-electron chi connectivity index (χ0n) is 9.74. The van der Waals surface area contributed by atoms with Gasteiger partial charge in [0.1, 0.15) is 0 Å². The van der Waals surface area contributed by atoms with Crippen molar-refractivity contribution in [2.75, 3.05) is 32.9 Å². The van der Waals surface area contributed by atoms with Crippen molar-refractivity contribution in [1.29, 1.82) is 0 Å². The Kier molecular flexibility index (Phi) is 3.65. The Labute approximate surface area is 92.4 Å². The van der Waals surface area contributed by atoms with E-state index in [1.54, 1.807) is 0 Å². The summed E-state index contributed by atoms with van der Waals surface area (Å²) in [5.74, 6) is 0. The molecule has 0 amide bonds. The average Bonchev–Trinajstić information content (AvgIpc) is 3.00. The highest BCUT2D eigenvalue weighted by atomic mass is 16.5. The molecule has 1 atom stereocenters. The molecule has 0 aromatic carbocycles. The summed E-state index contributed by atoms with van der Waals surface area (Å²) in [6, 6.07) is 0.800. The lowest BCUT2D eigenvalue weighted by Gasteiger charge is -2.32. The Balaban J connectivity index is 1.90. The second kappa shape index (κ2) is 4.81. The van der Waals surface area contributed by atoms with Gasteiger partial charge in [-0.1, -0.05) is 6.92 Å². The van der Waals surface area contributed by atoms with Crippen LogP contribution in [-0.2, 0) is 4.74 Å². The van der Waals surface area contributed by atoms with Crippen LogP contribution in [0.25, 0.3) is 0 Å². The van der Waals surface area contributed by atoms with Gasteiger partial charge >= 0.3 is 0 Å². The van der Waals surface area contributed by atoms with Crippen LogP contribution in [0.15, 0.2) is 0 Å². The van der Waals surface area contributed by atoms with Crippen LogP contribution >= 0.6 is 0 Å². The standard InChI is InChI=1S/C12H23NO2/c1-2-6-13(11-3-4-11)8-12(9-14)5-7-15-10-12/h11,14H,2-10H2,1H3. The Bertz CT molecular complexity index is 198. The van der Waals surface area contributed by atoms with Crippen molar-refractivity contribution in [3.63, 3.8) is 0 Å². The van der Waals surface area contributed by atoms with E-state index in [4.69, 9.17) is 4.74 Å². The summed E-state index contributed by atoms with van der Waals surface area (Å²) in [4.78, 5) is 2.56. The molecular weight excluding hydrogens is 190 g/mol. The SMILES string of the molecule is CCCN(CC1(CO)CCOC1)C1CC1. The summed E-state index contributed by atoms with van der Waals surface area (Å²) in [7, 11) is 0. The molecule has 88 valence electrons. The van der Waals surface area contributed by atoms with Gasteiger partial charge in [-0.25, -0.2) is 0 Å². The van der Waals surface area contributed by atoms with Crippen LogP contribution in [0.3, 0.4) is 0 Å². The molecule has 1 aliphatic carbocycles. The molecule has 1 unspecified atom stereocenters. The van der Waals surface area contributed by atoms with Crippen molar-refractivity contribution >= 4 is 0 Å². The molecule has 0 radical (unpaired) electrons. The maximum absolute atomic E-state index is 9.53. The smallest absolute Gasteiger partial charge is 0.0557 e. The number of aliphatic hydroxyl groups excluding tert-OH is 1. The maximum atomic E-state index is 9.53. The monoisotopic (exact) mass is 213 g/mol. The highest BCUT2D eigenvalue weighted by Gasteiger charge is 2.39. The Morgan fingerprint density at radius 1 is 1.47 bits per heavy atom. The van der Waals surface area contributed by atoms with Gasteiger partial charge in [-0.05, 0) is 32.2 Å². The molecule has 1 N–H and O–H groups in total. The maximum Gasteiger partial charge on any atom is 0.0557 e. The zero-order valence-corrected chi connectivity index (χ0v) is 9.74. The molecule has 1 aliphatic heterocycles. The summed E-state index contributed by atoms with van der Waals surface area (Å²) in [5, 5.41) is 9.53. The van der Waals surface area contributed by atoms with E-state index in [0.29, 0.717) is 0 Å². The van der Waals surface area contributed by atoms with E-state index in [2.05, 4.69) is 11.8 Å². The molecule has 0 spiro atoms. The number of hydrogen-bond donors (Lipinski definition) is 1. The molecule has 15 heavy (non-hydrogen) atoms. The fourth-order valence-electron chi connectivity index (χ4n) is 2.50. The first-order chi connectivity index (χ1) is 7.29. The minimum atomic E-state index is 0.0394. The Hall–Kier alpha value is -0.120. The lowest BCUT2D eigenvalue weighted by molar-refractivity contribution is 0.0539. The van der Waals surface area contributed by atoms with E-state index in [1.165, 1.54) is 25.8 Å². The van der Waals surface area contributed by atoms with E-state index >= 15 is 0 Å². The molecule has 2 aliphatic rings. The van der Waals surface area contributed by atoms with Crippen molar-refractivity contribution < 1.29 is 9.84 Å². The van der Waals surface area contributed by atoms with Gasteiger partial charge in [0.05, 0.1) is 13.2 Å². The quantitative estimate of drug-likeness (QED) is 0.721. The highest BCUT2D eigenvalue weighted by molar-refractivity contribution is 4.91. The van der Waals surface area contributed by atoms with Gasteiger partial charge in [0.25, 0.3) is 0 Å². The molecule has 3 nitrogen and oxygen atoms in total. The average molecular weight is 213 g/mol. The number of hydrogen-bond acceptors (Lipinski definition) is 3. The highest BCUT2D eigenvalue weighted by Crippen LogP contribution is 2.34. The van der Waals surface area contributed by atoms with E-state index in [1.807, 2.05) is 0 Å². The normalized spacial score (nSPS) is 31.4. The third-order valence-corrected chi connectivity index (χ3v) is 3.63. The topological polar surface area (TPSA) is 32.7 Å². The summed E-state index contributed by atoms with van der Waals surface area (Å²) in [5.41, 5.74) is 0.0394.